The maximum absolute atomic E-state index is 12.1. The maximum atomic E-state index is 12.1. The van der Waals surface area contributed by atoms with E-state index in [1.165, 1.54) is 18.0 Å². The number of imidazole rings is 1. The molecule has 32 heavy (non-hydrogen) atoms. The van der Waals surface area contributed by atoms with Gasteiger partial charge in [-0.2, -0.15) is 5.10 Å². The van der Waals surface area contributed by atoms with E-state index in [1.54, 1.807) is 12.1 Å². The quantitative estimate of drug-likeness (QED) is 0.225. The third kappa shape index (κ3) is 5.15. The minimum absolute atomic E-state index is 0.193. The molecule has 2 aromatic carbocycles. The highest BCUT2D eigenvalue weighted by molar-refractivity contribution is 7.99. The van der Waals surface area contributed by atoms with E-state index in [0.29, 0.717) is 23.3 Å². The lowest BCUT2D eigenvalue weighted by Crippen LogP contribution is -2.19. The minimum atomic E-state index is -0.240. The number of furan rings is 1. The lowest BCUT2D eigenvalue weighted by atomic mass is 10.1. The van der Waals surface area contributed by atoms with E-state index in [9.17, 15) is 4.79 Å². The van der Waals surface area contributed by atoms with Crippen LogP contribution < -0.4 is 10.2 Å². The Hall–Kier alpha value is -3.23. The van der Waals surface area contributed by atoms with Crippen LogP contribution in [-0.2, 0) is 18.4 Å². The zero-order valence-corrected chi connectivity index (χ0v) is 19.1. The largest absolute Gasteiger partial charge is 0.460 e. The van der Waals surface area contributed by atoms with Crippen LogP contribution in [0.15, 0.2) is 69.3 Å². The lowest BCUT2D eigenvalue weighted by Gasteiger charge is -2.08. The fraction of sp³-hybridized carbons (Fsp3) is 0.174. The second-order valence-electron chi connectivity index (χ2n) is 7.00. The molecule has 0 saturated carbocycles. The van der Waals surface area contributed by atoms with E-state index >= 15 is 0 Å². The van der Waals surface area contributed by atoms with Gasteiger partial charge in [0.05, 0.1) is 23.0 Å². The Labute approximate surface area is 194 Å². The topological polar surface area (TPSA) is 81.6 Å². The molecule has 0 aliphatic carbocycles. The van der Waals surface area contributed by atoms with Crippen molar-refractivity contribution in [3.05, 3.63) is 76.5 Å². The van der Waals surface area contributed by atoms with Gasteiger partial charge in [0.15, 0.2) is 10.9 Å². The van der Waals surface area contributed by atoms with Crippen molar-refractivity contribution in [3.8, 4) is 5.95 Å². The first-order valence-electron chi connectivity index (χ1n) is 9.84. The molecule has 0 spiro atoms. The van der Waals surface area contributed by atoms with Crippen LogP contribution in [0.1, 0.15) is 16.9 Å². The van der Waals surface area contributed by atoms with Crippen LogP contribution in [0, 0.1) is 6.92 Å². The maximum Gasteiger partial charge on any atom is 0.285 e. The molecule has 0 radical (unpaired) electrons. The Balaban J connectivity index is 1.26. The third-order valence-electron chi connectivity index (χ3n) is 4.77. The van der Waals surface area contributed by atoms with E-state index in [0.717, 1.165) is 27.3 Å². The summed E-state index contributed by atoms with van der Waals surface area (Å²) in [6, 6.07) is 16.9. The zero-order valence-electron chi connectivity index (χ0n) is 17.5. The molecule has 0 bridgehead atoms. The van der Waals surface area contributed by atoms with E-state index in [4.69, 9.17) is 20.8 Å². The molecule has 4 rings (SSSR count). The summed E-state index contributed by atoms with van der Waals surface area (Å²) >= 11 is 7.56. The van der Waals surface area contributed by atoms with Crippen molar-refractivity contribution < 1.29 is 13.9 Å². The summed E-state index contributed by atoms with van der Waals surface area (Å²) < 4.78 is 13.2. The van der Waals surface area contributed by atoms with Gasteiger partial charge in [0.2, 0.25) is 0 Å². The van der Waals surface area contributed by atoms with Crippen LogP contribution in [0.3, 0.4) is 0 Å². The lowest BCUT2D eigenvalue weighted by molar-refractivity contribution is -0.118. The van der Waals surface area contributed by atoms with Gasteiger partial charge >= 0.3 is 0 Å². The Kier molecular flexibility index (Phi) is 6.82. The minimum Gasteiger partial charge on any atom is -0.460 e. The number of aryl methyl sites for hydroxylation is 2. The van der Waals surface area contributed by atoms with Crippen molar-refractivity contribution in [3.63, 3.8) is 0 Å². The Morgan fingerprint density at radius 1 is 1.25 bits per heavy atom. The monoisotopic (exact) mass is 468 g/mol. The summed E-state index contributed by atoms with van der Waals surface area (Å²) in [7, 11) is 1.93. The standard InChI is InChI=1S/C23H21ClN4O3S/c1-15-6-5-7-18(24)17(15)13-30-22-11-10-16(31-22)12-25-27-21(29)14-32-23-26-19-8-3-4-9-20(19)28(23)2/h3-12H,13-14H2,1-2H3,(H,27,29)/b25-12-. The molecule has 7 nitrogen and oxygen atoms in total. The summed E-state index contributed by atoms with van der Waals surface area (Å²) in [5, 5.41) is 5.36. The number of hydrazone groups is 1. The molecular formula is C23H21ClN4O3S. The molecule has 2 aromatic heterocycles. The molecular weight excluding hydrogens is 448 g/mol. The molecule has 164 valence electrons. The van der Waals surface area contributed by atoms with Crippen LogP contribution in [-0.4, -0.2) is 27.4 Å². The number of amides is 1. The molecule has 0 atom stereocenters. The molecule has 1 amide bonds. The van der Waals surface area contributed by atoms with Crippen molar-refractivity contribution in [2.45, 2.75) is 18.7 Å². The summed E-state index contributed by atoms with van der Waals surface area (Å²) in [5.74, 6) is 0.752. The van der Waals surface area contributed by atoms with Crippen molar-refractivity contribution in [1.82, 2.24) is 15.0 Å². The Bertz CT molecular complexity index is 1260. The van der Waals surface area contributed by atoms with Gasteiger partial charge in [-0.1, -0.05) is 47.6 Å². The molecule has 9 heteroatoms. The van der Waals surface area contributed by atoms with Crippen molar-refractivity contribution in [1.29, 1.82) is 0 Å². The highest BCUT2D eigenvalue weighted by Crippen LogP contribution is 2.23. The number of fused-ring (bicyclic) bond motifs is 1. The molecule has 0 aliphatic rings. The highest BCUT2D eigenvalue weighted by Gasteiger charge is 2.10. The third-order valence-corrected chi connectivity index (χ3v) is 6.16. The highest BCUT2D eigenvalue weighted by atomic mass is 35.5. The van der Waals surface area contributed by atoms with E-state index in [2.05, 4.69) is 15.5 Å². The number of hydrogen-bond donors (Lipinski definition) is 1. The number of hydrogen-bond acceptors (Lipinski definition) is 6. The first-order valence-corrected chi connectivity index (χ1v) is 11.2. The van der Waals surface area contributed by atoms with E-state index < -0.39 is 0 Å². The van der Waals surface area contributed by atoms with Gasteiger partial charge in [-0.15, -0.1) is 0 Å². The second-order valence-corrected chi connectivity index (χ2v) is 8.35. The predicted molar refractivity (Wildman–Crippen MR) is 126 cm³/mol. The fourth-order valence-electron chi connectivity index (χ4n) is 3.06. The smallest absolute Gasteiger partial charge is 0.285 e. The SMILES string of the molecule is Cc1cccc(Cl)c1COc1ccc(/C=N\NC(=O)CSc2nc3ccccc3n2C)o1. The number of halogens is 1. The number of carbonyl (C=O) groups excluding carboxylic acids is 1. The van der Waals surface area contributed by atoms with Crippen LogP contribution in [0.25, 0.3) is 11.0 Å². The van der Waals surface area contributed by atoms with Crippen LogP contribution in [0.2, 0.25) is 5.02 Å². The van der Waals surface area contributed by atoms with Crippen molar-refractivity contribution in [2.75, 3.05) is 5.75 Å². The number of nitrogens with zero attached hydrogens (tertiary/aromatic N) is 3. The summed E-state index contributed by atoms with van der Waals surface area (Å²) in [6.07, 6.45) is 1.42. The molecule has 2 heterocycles. The Morgan fingerprint density at radius 3 is 2.91 bits per heavy atom. The van der Waals surface area contributed by atoms with E-state index in [-0.39, 0.29) is 11.7 Å². The number of para-hydroxylation sites is 2. The van der Waals surface area contributed by atoms with Crippen LogP contribution in [0.5, 0.6) is 5.95 Å². The zero-order chi connectivity index (χ0) is 22.5. The van der Waals surface area contributed by atoms with Crippen molar-refractivity contribution >= 4 is 46.5 Å². The average Bonchev–Trinajstić information content (AvgIpc) is 3.36. The number of benzene rings is 2. The van der Waals surface area contributed by atoms with Crippen molar-refractivity contribution in [2.24, 2.45) is 12.1 Å². The summed E-state index contributed by atoms with van der Waals surface area (Å²) in [6.45, 7) is 2.27. The number of carbonyl (C=O) groups is 1. The molecule has 4 aromatic rings. The normalized spacial score (nSPS) is 11.3. The second kappa shape index (κ2) is 9.93. The van der Waals surface area contributed by atoms with Gasteiger partial charge in [-0.05, 0) is 36.8 Å². The van der Waals surface area contributed by atoms with Gasteiger partial charge in [-0.25, -0.2) is 10.4 Å². The molecule has 0 saturated heterocycles. The summed E-state index contributed by atoms with van der Waals surface area (Å²) in [5.41, 5.74) is 6.37. The number of ether oxygens (including phenoxy) is 1. The Morgan fingerprint density at radius 2 is 2.09 bits per heavy atom. The average molecular weight is 469 g/mol. The van der Waals surface area contributed by atoms with E-state index in [1.807, 2.05) is 61.0 Å². The van der Waals surface area contributed by atoms with Gasteiger partial charge in [0.25, 0.3) is 11.9 Å². The van der Waals surface area contributed by atoms with Gasteiger partial charge in [0, 0.05) is 23.7 Å². The number of nitrogens with one attached hydrogen (secondary N) is 1. The predicted octanol–water partition coefficient (Wildman–Crippen LogP) is 4.95. The number of rotatable bonds is 8. The molecule has 0 fully saturated rings. The molecule has 0 aliphatic heterocycles. The van der Waals surface area contributed by atoms with Crippen LogP contribution >= 0.6 is 23.4 Å². The fourth-order valence-corrected chi connectivity index (χ4v) is 4.11. The number of thioether (sulfide) groups is 1. The number of aromatic nitrogens is 2. The van der Waals surface area contributed by atoms with Gasteiger partial charge in [-0.3, -0.25) is 4.79 Å². The van der Waals surface area contributed by atoms with Crippen LogP contribution in [0.4, 0.5) is 0 Å². The molecule has 0 unspecified atom stereocenters. The van der Waals surface area contributed by atoms with Gasteiger partial charge < -0.3 is 13.7 Å². The molecule has 1 N–H and O–H groups in total. The van der Waals surface area contributed by atoms with Gasteiger partial charge in [0.1, 0.15) is 6.61 Å². The first-order chi connectivity index (χ1) is 15.5. The first kappa shape index (κ1) is 22.0. The summed E-state index contributed by atoms with van der Waals surface area (Å²) in [4.78, 5) is 16.6.